The average Bonchev–Trinajstić information content (AvgIpc) is 3.46. The first-order valence-electron chi connectivity index (χ1n) is 9.28. The molecule has 3 heterocycles. The summed E-state index contributed by atoms with van der Waals surface area (Å²) in [5, 5.41) is 0. The van der Waals surface area contributed by atoms with Crippen molar-refractivity contribution in [3.8, 4) is 5.75 Å². The molecule has 0 aliphatic carbocycles. The van der Waals surface area contributed by atoms with Gasteiger partial charge in [-0.2, -0.15) is 0 Å². The monoisotopic (exact) mass is 383 g/mol. The Morgan fingerprint density at radius 3 is 2.61 bits per heavy atom. The summed E-state index contributed by atoms with van der Waals surface area (Å²) in [6, 6.07) is 9.45. The molecule has 146 valence electrons. The number of rotatable bonds is 6. The summed E-state index contributed by atoms with van der Waals surface area (Å²) in [5.74, 6) is -2.27. The lowest BCUT2D eigenvalue weighted by atomic mass is 9.88. The predicted octanol–water partition coefficient (Wildman–Crippen LogP) is 2.42. The lowest BCUT2D eigenvalue weighted by Gasteiger charge is -2.29. The fourth-order valence-electron chi connectivity index (χ4n) is 3.94. The molecule has 0 saturated carbocycles. The lowest BCUT2D eigenvalue weighted by Crippen LogP contribution is -2.36. The Kier molecular flexibility index (Phi) is 5.00. The minimum absolute atomic E-state index is 0.0728. The van der Waals surface area contributed by atoms with Crippen LogP contribution in [0.25, 0.3) is 0 Å². The minimum atomic E-state index is -1.14. The van der Waals surface area contributed by atoms with Gasteiger partial charge in [-0.3, -0.25) is 14.4 Å². The summed E-state index contributed by atoms with van der Waals surface area (Å²) in [6.45, 7) is 0.922. The van der Waals surface area contributed by atoms with E-state index in [9.17, 15) is 14.4 Å². The fourth-order valence-corrected chi connectivity index (χ4v) is 3.94. The highest BCUT2D eigenvalue weighted by Gasteiger charge is 2.52. The highest BCUT2D eigenvalue weighted by Crippen LogP contribution is 2.39. The maximum Gasteiger partial charge on any atom is 0.291 e. The van der Waals surface area contributed by atoms with Crippen molar-refractivity contribution in [3.05, 3.63) is 54.0 Å². The second kappa shape index (κ2) is 7.59. The van der Waals surface area contributed by atoms with Crippen molar-refractivity contribution in [2.24, 2.45) is 5.92 Å². The normalized spacial score (nSPS) is 24.8. The molecule has 2 fully saturated rings. The molecule has 3 atom stereocenters. The van der Waals surface area contributed by atoms with E-state index in [2.05, 4.69) is 0 Å². The number of ether oxygens (including phenoxy) is 2. The molecule has 2 aromatic rings. The second-order valence-electron chi connectivity index (χ2n) is 6.99. The van der Waals surface area contributed by atoms with E-state index in [4.69, 9.17) is 13.9 Å². The molecule has 0 spiro atoms. The summed E-state index contributed by atoms with van der Waals surface area (Å²) in [7, 11) is 1.56. The number of ketones is 2. The van der Waals surface area contributed by atoms with E-state index in [-0.39, 0.29) is 18.4 Å². The van der Waals surface area contributed by atoms with Crippen LogP contribution in [0.5, 0.6) is 5.75 Å². The van der Waals surface area contributed by atoms with E-state index >= 15 is 0 Å². The van der Waals surface area contributed by atoms with E-state index < -0.39 is 29.4 Å². The molecule has 7 heteroatoms. The van der Waals surface area contributed by atoms with Gasteiger partial charge >= 0.3 is 0 Å². The van der Waals surface area contributed by atoms with Crippen LogP contribution >= 0.6 is 0 Å². The highest BCUT2D eigenvalue weighted by atomic mass is 16.5. The molecular weight excluding hydrogens is 362 g/mol. The first-order valence-corrected chi connectivity index (χ1v) is 9.28. The quantitative estimate of drug-likeness (QED) is 0.433. The van der Waals surface area contributed by atoms with Crippen LogP contribution in [-0.2, 0) is 14.3 Å². The molecule has 7 nitrogen and oxygen atoms in total. The van der Waals surface area contributed by atoms with Crippen molar-refractivity contribution < 1.29 is 28.3 Å². The van der Waals surface area contributed by atoms with E-state index in [1.54, 1.807) is 37.4 Å². The standard InChI is InChI=1S/C21H21NO6/c1-26-14-8-6-13(7-9-14)18-17(19(23)16-5-3-11-28-16)20(24)21(25)22(18)12-15-4-2-10-27-15/h3,5-9,11,15,17-18H,2,4,10,12H2,1H3. The highest BCUT2D eigenvalue weighted by molar-refractivity contribution is 6.43. The smallest absolute Gasteiger partial charge is 0.291 e. The van der Waals surface area contributed by atoms with Gasteiger partial charge in [0.2, 0.25) is 11.6 Å². The van der Waals surface area contributed by atoms with Crippen molar-refractivity contribution in [1.29, 1.82) is 0 Å². The molecule has 0 bridgehead atoms. The number of amides is 1. The van der Waals surface area contributed by atoms with E-state index in [0.29, 0.717) is 17.9 Å². The van der Waals surface area contributed by atoms with Gasteiger partial charge in [0.1, 0.15) is 11.7 Å². The van der Waals surface area contributed by atoms with Crippen LogP contribution in [0.2, 0.25) is 0 Å². The van der Waals surface area contributed by atoms with Gasteiger partial charge in [0, 0.05) is 13.2 Å². The summed E-state index contributed by atoms with van der Waals surface area (Å²) < 4.78 is 16.1. The van der Waals surface area contributed by atoms with Gasteiger partial charge in [0.15, 0.2) is 5.76 Å². The van der Waals surface area contributed by atoms with Gasteiger partial charge in [-0.15, -0.1) is 0 Å². The number of benzene rings is 1. The number of carbonyl (C=O) groups is 3. The Balaban J connectivity index is 1.72. The third-order valence-corrected chi connectivity index (χ3v) is 5.33. The lowest BCUT2D eigenvalue weighted by molar-refractivity contribution is -0.141. The average molecular weight is 383 g/mol. The Labute approximate surface area is 162 Å². The second-order valence-corrected chi connectivity index (χ2v) is 6.99. The Morgan fingerprint density at radius 2 is 2.00 bits per heavy atom. The van der Waals surface area contributed by atoms with Crippen molar-refractivity contribution >= 4 is 17.5 Å². The Hall–Kier alpha value is -2.93. The molecule has 28 heavy (non-hydrogen) atoms. The summed E-state index contributed by atoms with van der Waals surface area (Å²) in [6.07, 6.45) is 2.99. The minimum Gasteiger partial charge on any atom is -0.497 e. The van der Waals surface area contributed by atoms with Gasteiger partial charge in [0.25, 0.3) is 5.91 Å². The number of Topliss-reactive ketones (excluding diaryl/α,β-unsaturated/α-hetero) is 2. The molecule has 1 amide bonds. The maximum absolute atomic E-state index is 13.0. The summed E-state index contributed by atoms with van der Waals surface area (Å²) in [4.78, 5) is 40.1. The zero-order valence-corrected chi connectivity index (χ0v) is 15.5. The maximum atomic E-state index is 13.0. The van der Waals surface area contributed by atoms with Gasteiger partial charge < -0.3 is 18.8 Å². The SMILES string of the molecule is COc1ccc(C2C(C(=O)c3ccco3)C(=O)C(=O)N2CC2CCCO2)cc1. The first kappa shape index (κ1) is 18.4. The first-order chi connectivity index (χ1) is 13.6. The molecule has 4 rings (SSSR count). The third kappa shape index (κ3) is 3.22. The zero-order valence-electron chi connectivity index (χ0n) is 15.5. The number of likely N-dealkylation sites (tertiary alicyclic amines) is 1. The Bertz CT molecular complexity index is 867. The molecule has 1 aromatic heterocycles. The van der Waals surface area contributed by atoms with Gasteiger partial charge in [0.05, 0.1) is 25.5 Å². The molecule has 0 radical (unpaired) electrons. The Morgan fingerprint density at radius 1 is 1.21 bits per heavy atom. The molecule has 2 aliphatic rings. The van der Waals surface area contributed by atoms with Crippen LogP contribution in [-0.4, -0.2) is 48.7 Å². The van der Waals surface area contributed by atoms with Gasteiger partial charge in [-0.1, -0.05) is 12.1 Å². The van der Waals surface area contributed by atoms with Crippen LogP contribution in [0.1, 0.15) is 35.0 Å². The summed E-state index contributed by atoms with van der Waals surface area (Å²) >= 11 is 0. The number of furan rings is 1. The number of hydrogen-bond donors (Lipinski definition) is 0. The van der Waals surface area contributed by atoms with E-state index in [0.717, 1.165) is 12.8 Å². The van der Waals surface area contributed by atoms with Gasteiger partial charge in [-0.05, 0) is 42.7 Å². The van der Waals surface area contributed by atoms with Gasteiger partial charge in [-0.25, -0.2) is 0 Å². The molecular formula is C21H21NO6. The molecule has 0 N–H and O–H groups in total. The van der Waals surface area contributed by atoms with E-state index in [1.165, 1.54) is 17.2 Å². The van der Waals surface area contributed by atoms with Crippen LogP contribution < -0.4 is 4.74 Å². The predicted molar refractivity (Wildman–Crippen MR) is 98.0 cm³/mol. The number of methoxy groups -OCH3 is 1. The number of carbonyl (C=O) groups excluding carboxylic acids is 3. The van der Waals surface area contributed by atoms with Crippen LogP contribution in [0.3, 0.4) is 0 Å². The third-order valence-electron chi connectivity index (χ3n) is 5.33. The van der Waals surface area contributed by atoms with Crippen molar-refractivity contribution in [2.75, 3.05) is 20.3 Å². The number of nitrogens with zero attached hydrogens (tertiary/aromatic N) is 1. The topological polar surface area (TPSA) is 86.0 Å². The van der Waals surface area contributed by atoms with E-state index in [1.807, 2.05) is 0 Å². The van der Waals surface area contributed by atoms with Crippen molar-refractivity contribution in [1.82, 2.24) is 4.90 Å². The molecule has 2 saturated heterocycles. The van der Waals surface area contributed by atoms with Crippen molar-refractivity contribution in [2.45, 2.75) is 25.0 Å². The van der Waals surface area contributed by atoms with Crippen LogP contribution in [0, 0.1) is 5.92 Å². The van der Waals surface area contributed by atoms with Crippen LogP contribution in [0.4, 0.5) is 0 Å². The van der Waals surface area contributed by atoms with Crippen molar-refractivity contribution in [3.63, 3.8) is 0 Å². The molecule has 1 aromatic carbocycles. The number of hydrogen-bond acceptors (Lipinski definition) is 6. The largest absolute Gasteiger partial charge is 0.497 e. The zero-order chi connectivity index (χ0) is 19.7. The molecule has 2 aliphatic heterocycles. The molecule has 3 unspecified atom stereocenters. The van der Waals surface area contributed by atoms with Crippen LogP contribution in [0.15, 0.2) is 47.1 Å². The fraction of sp³-hybridized carbons (Fsp3) is 0.381. The summed E-state index contributed by atoms with van der Waals surface area (Å²) in [5.41, 5.74) is 0.697.